The molecule has 0 spiro atoms. The molecule has 3 aromatic rings. The van der Waals surface area contributed by atoms with E-state index in [2.05, 4.69) is 43.0 Å². The smallest absolute Gasteiger partial charge is 0.332 e. The Kier molecular flexibility index (Phi) is 10.2. The number of esters is 1. The average Bonchev–Trinajstić information content (AvgIpc) is 2.86. The summed E-state index contributed by atoms with van der Waals surface area (Å²) in [6.07, 6.45) is 1.67. The van der Waals surface area contributed by atoms with Crippen molar-refractivity contribution in [1.82, 2.24) is 9.97 Å². The van der Waals surface area contributed by atoms with E-state index >= 15 is 0 Å². The molecule has 0 saturated carbocycles. The predicted octanol–water partition coefficient (Wildman–Crippen LogP) is 5.79. The second kappa shape index (κ2) is 13.3. The number of hydrogen-bond donors (Lipinski definition) is 0. The maximum atomic E-state index is 11.8. The van der Waals surface area contributed by atoms with Crippen LogP contribution in [0, 0.1) is 0 Å². The molecule has 0 aliphatic heterocycles. The molecule has 1 unspecified atom stereocenters. The fourth-order valence-electron chi connectivity index (χ4n) is 3.84. The average molecular weight is 506 g/mol. The van der Waals surface area contributed by atoms with Crippen LogP contribution in [0.1, 0.15) is 41.5 Å². The minimum absolute atomic E-state index is 0.0886. The number of benzene rings is 2. The lowest BCUT2D eigenvalue weighted by Crippen LogP contribution is -2.36. The quantitative estimate of drug-likeness (QED) is 0.289. The zero-order valence-electron chi connectivity index (χ0n) is 22.8. The van der Waals surface area contributed by atoms with Crippen LogP contribution >= 0.6 is 0 Å². The lowest BCUT2D eigenvalue weighted by molar-refractivity contribution is -0.161. The van der Waals surface area contributed by atoms with Crippen molar-refractivity contribution in [2.45, 2.75) is 59.3 Å². The van der Waals surface area contributed by atoms with Crippen LogP contribution in [0.5, 0.6) is 0 Å². The summed E-state index contributed by atoms with van der Waals surface area (Å²) < 4.78 is 16.7. The van der Waals surface area contributed by atoms with Crippen molar-refractivity contribution in [2.75, 3.05) is 31.3 Å². The topological polar surface area (TPSA) is 73.8 Å². The highest BCUT2D eigenvalue weighted by atomic mass is 16.6. The predicted molar refractivity (Wildman–Crippen MR) is 147 cm³/mol. The highest BCUT2D eigenvalue weighted by Gasteiger charge is 2.19. The summed E-state index contributed by atoms with van der Waals surface area (Å²) in [4.78, 5) is 23.9. The Labute approximate surface area is 220 Å². The molecule has 0 aliphatic rings. The van der Waals surface area contributed by atoms with E-state index in [1.807, 2.05) is 70.3 Å². The van der Waals surface area contributed by atoms with E-state index in [1.54, 1.807) is 0 Å². The van der Waals surface area contributed by atoms with Crippen molar-refractivity contribution in [2.24, 2.45) is 0 Å². The molecule has 2 aromatic carbocycles. The van der Waals surface area contributed by atoms with Gasteiger partial charge in [-0.05, 0) is 41.5 Å². The molecule has 0 N–H and O–H groups in total. The minimum atomic E-state index is -0.522. The summed E-state index contributed by atoms with van der Waals surface area (Å²) in [5.41, 5.74) is 3.23. The summed E-state index contributed by atoms with van der Waals surface area (Å²) in [6, 6.07) is 20.5. The zero-order valence-corrected chi connectivity index (χ0v) is 22.8. The highest BCUT2D eigenvalue weighted by molar-refractivity contribution is 5.78. The first-order valence-electron chi connectivity index (χ1n) is 12.8. The molecule has 0 amide bonds. The molecule has 1 heterocycles. The van der Waals surface area contributed by atoms with Crippen LogP contribution in [0.4, 0.5) is 5.82 Å². The molecular formula is C30H39N3O4. The fourth-order valence-corrected chi connectivity index (χ4v) is 3.84. The number of aromatic nitrogens is 2. The van der Waals surface area contributed by atoms with Crippen LogP contribution in [0.25, 0.3) is 22.5 Å². The number of hydrogen-bond acceptors (Lipinski definition) is 7. The van der Waals surface area contributed by atoms with E-state index in [1.165, 1.54) is 0 Å². The van der Waals surface area contributed by atoms with Gasteiger partial charge in [0.1, 0.15) is 18.0 Å². The van der Waals surface area contributed by atoms with Crippen LogP contribution in [-0.2, 0) is 19.0 Å². The summed E-state index contributed by atoms with van der Waals surface area (Å²) in [5.74, 6) is 0.420. The summed E-state index contributed by atoms with van der Waals surface area (Å²) in [6.45, 7) is 13.0. The summed E-state index contributed by atoms with van der Waals surface area (Å²) in [5, 5.41) is 0. The number of nitrogens with zero attached hydrogens (tertiary/aromatic N) is 3. The Hall–Kier alpha value is -3.29. The van der Waals surface area contributed by atoms with Gasteiger partial charge in [0.2, 0.25) is 0 Å². The minimum Gasteiger partial charge on any atom is -0.458 e. The first kappa shape index (κ1) is 28.3. The van der Waals surface area contributed by atoms with E-state index in [9.17, 15) is 4.79 Å². The third-order valence-corrected chi connectivity index (χ3v) is 5.50. The Balaban J connectivity index is 1.66. The Bertz CT molecular complexity index is 1110. The zero-order chi connectivity index (χ0) is 26.8. The maximum Gasteiger partial charge on any atom is 0.332 e. The van der Waals surface area contributed by atoms with Gasteiger partial charge in [-0.25, -0.2) is 9.78 Å². The van der Waals surface area contributed by atoms with Gasteiger partial charge in [-0.2, -0.15) is 0 Å². The number of ether oxygens (including phenoxy) is 3. The largest absolute Gasteiger partial charge is 0.458 e. The Morgan fingerprint density at radius 3 is 2.08 bits per heavy atom. The van der Waals surface area contributed by atoms with E-state index in [4.69, 9.17) is 24.2 Å². The molecule has 0 aliphatic carbocycles. The van der Waals surface area contributed by atoms with Crippen molar-refractivity contribution in [3.8, 4) is 22.5 Å². The van der Waals surface area contributed by atoms with Gasteiger partial charge in [0, 0.05) is 23.7 Å². The molecular weight excluding hydrogens is 466 g/mol. The fraction of sp³-hybridized carbons (Fsp3) is 0.433. The van der Waals surface area contributed by atoms with E-state index in [0.717, 1.165) is 28.3 Å². The van der Waals surface area contributed by atoms with Crippen molar-refractivity contribution in [1.29, 1.82) is 0 Å². The van der Waals surface area contributed by atoms with Gasteiger partial charge < -0.3 is 19.1 Å². The van der Waals surface area contributed by atoms with Gasteiger partial charge in [0.05, 0.1) is 36.9 Å². The number of anilines is 1. The molecule has 3 rings (SSSR count). The monoisotopic (exact) mass is 505 g/mol. The number of rotatable bonds is 12. The van der Waals surface area contributed by atoms with Gasteiger partial charge in [-0.15, -0.1) is 0 Å². The maximum absolute atomic E-state index is 11.8. The molecule has 1 aromatic heterocycles. The molecule has 0 radical (unpaired) electrons. The SMILES string of the molecule is CC(COCC(=O)OC(C)(C)C)OCCN(c1cnc(-c2ccccc2)c(-c2ccccc2)n1)C(C)C. The third kappa shape index (κ3) is 8.95. The van der Waals surface area contributed by atoms with Crippen LogP contribution < -0.4 is 4.90 Å². The van der Waals surface area contributed by atoms with Crippen LogP contribution in [0.15, 0.2) is 66.9 Å². The summed E-state index contributed by atoms with van der Waals surface area (Å²) in [7, 11) is 0. The van der Waals surface area contributed by atoms with Crippen molar-refractivity contribution in [3.05, 3.63) is 66.9 Å². The molecule has 37 heavy (non-hydrogen) atoms. The van der Waals surface area contributed by atoms with Crippen LogP contribution in [0.2, 0.25) is 0 Å². The van der Waals surface area contributed by atoms with Crippen molar-refractivity contribution >= 4 is 11.8 Å². The molecule has 0 fully saturated rings. The second-order valence-electron chi connectivity index (χ2n) is 10.2. The summed E-state index contributed by atoms with van der Waals surface area (Å²) >= 11 is 0. The van der Waals surface area contributed by atoms with Crippen LogP contribution in [-0.4, -0.2) is 60.0 Å². The molecule has 0 saturated heterocycles. The Morgan fingerprint density at radius 2 is 1.51 bits per heavy atom. The highest BCUT2D eigenvalue weighted by Crippen LogP contribution is 2.30. The van der Waals surface area contributed by atoms with E-state index in [-0.39, 0.29) is 24.7 Å². The van der Waals surface area contributed by atoms with Gasteiger partial charge >= 0.3 is 5.97 Å². The molecule has 198 valence electrons. The first-order valence-corrected chi connectivity index (χ1v) is 12.8. The lowest BCUT2D eigenvalue weighted by atomic mass is 10.0. The van der Waals surface area contributed by atoms with Gasteiger partial charge in [-0.1, -0.05) is 60.7 Å². The van der Waals surface area contributed by atoms with Crippen LogP contribution in [0.3, 0.4) is 0 Å². The number of carbonyl (C=O) groups is 1. The Morgan fingerprint density at radius 1 is 0.919 bits per heavy atom. The molecule has 0 bridgehead atoms. The molecule has 1 atom stereocenters. The first-order chi connectivity index (χ1) is 17.6. The van der Waals surface area contributed by atoms with Gasteiger partial charge in [-0.3, -0.25) is 4.98 Å². The molecule has 7 nitrogen and oxygen atoms in total. The third-order valence-electron chi connectivity index (χ3n) is 5.50. The second-order valence-corrected chi connectivity index (χ2v) is 10.2. The van der Waals surface area contributed by atoms with Gasteiger partial charge in [0.15, 0.2) is 0 Å². The van der Waals surface area contributed by atoms with Crippen molar-refractivity contribution in [3.63, 3.8) is 0 Å². The number of carbonyl (C=O) groups excluding carboxylic acids is 1. The normalized spacial score (nSPS) is 12.4. The standard InChI is InChI=1S/C30H39N3O4/c1-22(2)33(17-18-36-23(3)20-35-21-27(34)37-30(4,5)6)26-19-31-28(24-13-9-7-10-14-24)29(32-26)25-15-11-8-12-16-25/h7-16,19,22-23H,17-18,20-21H2,1-6H3. The van der Waals surface area contributed by atoms with Gasteiger partial charge in [0.25, 0.3) is 0 Å². The van der Waals surface area contributed by atoms with E-state index < -0.39 is 5.60 Å². The lowest BCUT2D eigenvalue weighted by Gasteiger charge is -2.29. The van der Waals surface area contributed by atoms with E-state index in [0.29, 0.717) is 19.8 Å². The van der Waals surface area contributed by atoms with Crippen molar-refractivity contribution < 1.29 is 19.0 Å². The molecule has 7 heteroatoms.